The summed E-state index contributed by atoms with van der Waals surface area (Å²) in [5, 5.41) is 0.848. The van der Waals surface area contributed by atoms with Crippen LogP contribution in [0, 0.1) is 0 Å². The van der Waals surface area contributed by atoms with E-state index in [-0.39, 0.29) is 5.95 Å². The molecule has 0 radical (unpaired) electrons. The van der Waals surface area contributed by atoms with Gasteiger partial charge in [-0.25, -0.2) is 15.0 Å². The number of aromatic amines is 1. The molecule has 0 aliphatic heterocycles. The first-order valence-corrected chi connectivity index (χ1v) is 8.06. The average Bonchev–Trinajstić information content (AvgIpc) is 3.11. The van der Waals surface area contributed by atoms with Gasteiger partial charge in [0.05, 0.1) is 18.2 Å². The second kappa shape index (κ2) is 6.72. The van der Waals surface area contributed by atoms with Crippen LogP contribution in [-0.4, -0.2) is 27.0 Å². The predicted molar refractivity (Wildman–Crippen MR) is 98.9 cm³/mol. The molecule has 130 valence electrons. The normalized spacial score (nSPS) is 10.8. The lowest BCUT2D eigenvalue weighted by molar-refractivity contribution is 0.300. The molecular formula is C19H17N5O2. The molecule has 0 fully saturated rings. The fourth-order valence-electron chi connectivity index (χ4n) is 2.85. The number of hydrogen-bond donors (Lipinski definition) is 2. The molecule has 7 heteroatoms. The van der Waals surface area contributed by atoms with Gasteiger partial charge in [-0.2, -0.15) is 0 Å². The Bertz CT molecular complexity index is 1060. The predicted octanol–water partition coefficient (Wildman–Crippen LogP) is 3.19. The smallest absolute Gasteiger partial charge is 0.220 e. The molecule has 0 saturated carbocycles. The number of ether oxygens (including phenoxy) is 2. The second-order valence-electron chi connectivity index (χ2n) is 5.64. The fourth-order valence-corrected chi connectivity index (χ4v) is 2.85. The molecular weight excluding hydrogens is 330 g/mol. The van der Waals surface area contributed by atoms with Gasteiger partial charge in [-0.15, -0.1) is 0 Å². The van der Waals surface area contributed by atoms with Gasteiger partial charge in [0.15, 0.2) is 0 Å². The molecule has 3 N–H and O–H groups in total. The van der Waals surface area contributed by atoms with Crippen molar-refractivity contribution in [2.45, 2.75) is 6.61 Å². The summed E-state index contributed by atoms with van der Waals surface area (Å²) < 4.78 is 11.5. The van der Waals surface area contributed by atoms with Crippen molar-refractivity contribution in [3.63, 3.8) is 0 Å². The minimum Gasteiger partial charge on any atom is -0.496 e. The van der Waals surface area contributed by atoms with Crippen LogP contribution >= 0.6 is 0 Å². The standard InChI is InChI=1S/C19H17N5O2/c1-25-15-5-3-2-4-12(15)11-26-16-7-9-21-18-17(16)13(10-23-18)14-6-8-22-19(20)24-14/h2-10H,11H2,1H3,(H,21,23)(H2,20,22,24). The van der Waals surface area contributed by atoms with E-state index in [1.165, 1.54) is 0 Å². The van der Waals surface area contributed by atoms with Crippen LogP contribution in [0.25, 0.3) is 22.3 Å². The lowest BCUT2D eigenvalue weighted by Gasteiger charge is -2.11. The monoisotopic (exact) mass is 347 g/mol. The fraction of sp³-hybridized carbons (Fsp3) is 0.105. The molecule has 0 atom stereocenters. The number of benzene rings is 1. The molecule has 1 aromatic carbocycles. The van der Waals surface area contributed by atoms with E-state index in [4.69, 9.17) is 15.2 Å². The maximum atomic E-state index is 6.08. The summed E-state index contributed by atoms with van der Waals surface area (Å²) in [6.45, 7) is 0.375. The number of methoxy groups -OCH3 is 1. The minimum absolute atomic E-state index is 0.220. The van der Waals surface area contributed by atoms with E-state index in [0.717, 1.165) is 27.9 Å². The number of anilines is 1. The first-order chi connectivity index (χ1) is 12.8. The summed E-state index contributed by atoms with van der Waals surface area (Å²) in [5.41, 5.74) is 8.96. The number of nitrogen functional groups attached to an aromatic ring is 1. The van der Waals surface area contributed by atoms with Crippen LogP contribution in [0.15, 0.2) is 55.0 Å². The van der Waals surface area contributed by atoms with Gasteiger partial charge in [0.1, 0.15) is 23.8 Å². The Morgan fingerprint density at radius 3 is 2.73 bits per heavy atom. The lowest BCUT2D eigenvalue weighted by atomic mass is 10.1. The van der Waals surface area contributed by atoms with Gasteiger partial charge < -0.3 is 20.2 Å². The summed E-state index contributed by atoms with van der Waals surface area (Å²) in [6.07, 6.45) is 5.17. The van der Waals surface area contributed by atoms with Crippen molar-refractivity contribution in [2.75, 3.05) is 12.8 Å². The molecule has 0 saturated heterocycles. The Balaban J connectivity index is 1.73. The Morgan fingerprint density at radius 2 is 1.88 bits per heavy atom. The Morgan fingerprint density at radius 1 is 1.04 bits per heavy atom. The molecule has 3 aromatic heterocycles. The van der Waals surface area contributed by atoms with Gasteiger partial charge in [-0.3, -0.25) is 0 Å². The van der Waals surface area contributed by atoms with E-state index in [9.17, 15) is 0 Å². The highest BCUT2D eigenvalue weighted by atomic mass is 16.5. The molecule has 7 nitrogen and oxygen atoms in total. The Kier molecular flexibility index (Phi) is 4.10. The van der Waals surface area contributed by atoms with Crippen molar-refractivity contribution in [1.29, 1.82) is 0 Å². The number of rotatable bonds is 5. The van der Waals surface area contributed by atoms with Crippen molar-refractivity contribution in [1.82, 2.24) is 19.9 Å². The van der Waals surface area contributed by atoms with Crippen LogP contribution in [0.3, 0.4) is 0 Å². The number of nitrogens with zero attached hydrogens (tertiary/aromatic N) is 3. The van der Waals surface area contributed by atoms with Crippen LogP contribution < -0.4 is 15.2 Å². The van der Waals surface area contributed by atoms with E-state index >= 15 is 0 Å². The largest absolute Gasteiger partial charge is 0.496 e. The summed E-state index contributed by atoms with van der Waals surface area (Å²) in [7, 11) is 1.65. The molecule has 4 aromatic rings. The van der Waals surface area contributed by atoms with Crippen molar-refractivity contribution in [3.05, 3.63) is 60.6 Å². The third-order valence-corrected chi connectivity index (χ3v) is 4.06. The molecule has 0 bridgehead atoms. The van der Waals surface area contributed by atoms with Crippen LogP contribution in [0.4, 0.5) is 5.95 Å². The number of hydrogen-bond acceptors (Lipinski definition) is 6. The lowest BCUT2D eigenvalue weighted by Crippen LogP contribution is -1.99. The number of H-pyrrole nitrogens is 1. The van der Waals surface area contributed by atoms with E-state index in [1.807, 2.05) is 36.5 Å². The quantitative estimate of drug-likeness (QED) is 0.575. The third kappa shape index (κ3) is 2.90. The van der Waals surface area contributed by atoms with Crippen molar-refractivity contribution in [2.24, 2.45) is 0 Å². The van der Waals surface area contributed by atoms with Gasteiger partial charge in [0, 0.05) is 29.7 Å². The summed E-state index contributed by atoms with van der Waals surface area (Å²) in [4.78, 5) is 15.8. The summed E-state index contributed by atoms with van der Waals surface area (Å²) in [5.74, 6) is 1.71. The highest BCUT2D eigenvalue weighted by molar-refractivity contribution is 5.97. The van der Waals surface area contributed by atoms with E-state index in [2.05, 4.69) is 19.9 Å². The second-order valence-corrected chi connectivity index (χ2v) is 5.64. The van der Waals surface area contributed by atoms with Gasteiger partial charge in [0.25, 0.3) is 0 Å². The van der Waals surface area contributed by atoms with Crippen molar-refractivity contribution >= 4 is 17.0 Å². The Labute approximate surface area is 149 Å². The molecule has 0 spiro atoms. The number of aromatic nitrogens is 4. The first kappa shape index (κ1) is 15.9. The van der Waals surface area contributed by atoms with Gasteiger partial charge in [-0.1, -0.05) is 18.2 Å². The van der Waals surface area contributed by atoms with Gasteiger partial charge in [0.2, 0.25) is 5.95 Å². The first-order valence-electron chi connectivity index (χ1n) is 8.06. The Hall–Kier alpha value is -3.61. The van der Waals surface area contributed by atoms with Crippen LogP contribution in [0.5, 0.6) is 11.5 Å². The van der Waals surface area contributed by atoms with Gasteiger partial charge in [-0.05, 0) is 18.2 Å². The van der Waals surface area contributed by atoms with E-state index in [1.54, 1.807) is 25.6 Å². The zero-order valence-corrected chi connectivity index (χ0v) is 14.1. The van der Waals surface area contributed by atoms with Crippen LogP contribution in [-0.2, 0) is 6.61 Å². The SMILES string of the molecule is COc1ccccc1COc1ccnc2[nH]cc(-c3ccnc(N)n3)c12. The van der Waals surface area contributed by atoms with Crippen LogP contribution in [0.1, 0.15) is 5.56 Å². The third-order valence-electron chi connectivity index (χ3n) is 4.06. The maximum absolute atomic E-state index is 6.08. The number of nitrogens with two attached hydrogens (primary N) is 1. The molecule has 26 heavy (non-hydrogen) atoms. The van der Waals surface area contributed by atoms with Crippen molar-refractivity contribution < 1.29 is 9.47 Å². The molecule has 0 aliphatic rings. The molecule has 4 rings (SSSR count). The maximum Gasteiger partial charge on any atom is 0.220 e. The zero-order chi connectivity index (χ0) is 17.9. The molecule has 3 heterocycles. The van der Waals surface area contributed by atoms with Gasteiger partial charge >= 0.3 is 0 Å². The van der Waals surface area contributed by atoms with Crippen LogP contribution in [0.2, 0.25) is 0 Å². The average molecular weight is 347 g/mol. The molecule has 0 aliphatic carbocycles. The number of nitrogens with one attached hydrogen (secondary N) is 1. The summed E-state index contributed by atoms with van der Waals surface area (Å²) >= 11 is 0. The minimum atomic E-state index is 0.220. The number of fused-ring (bicyclic) bond motifs is 1. The number of pyridine rings is 1. The highest BCUT2D eigenvalue weighted by Crippen LogP contribution is 2.34. The number of para-hydroxylation sites is 1. The zero-order valence-electron chi connectivity index (χ0n) is 14.1. The topological polar surface area (TPSA) is 98.9 Å². The van der Waals surface area contributed by atoms with E-state index < -0.39 is 0 Å². The summed E-state index contributed by atoms with van der Waals surface area (Å²) in [6, 6.07) is 11.4. The molecule has 0 amide bonds. The van der Waals surface area contributed by atoms with Crippen molar-refractivity contribution in [3.8, 4) is 22.8 Å². The highest BCUT2D eigenvalue weighted by Gasteiger charge is 2.14. The molecule has 0 unspecified atom stereocenters. The van der Waals surface area contributed by atoms with E-state index in [0.29, 0.717) is 18.1 Å².